The van der Waals surface area contributed by atoms with Crippen molar-refractivity contribution in [1.29, 1.82) is 0 Å². The van der Waals surface area contributed by atoms with Crippen LogP contribution in [0.4, 0.5) is 10.7 Å². The topological polar surface area (TPSA) is 133 Å². The lowest BCUT2D eigenvalue weighted by atomic mass is 9.95. The molecule has 10 heteroatoms. The van der Waals surface area contributed by atoms with Crippen molar-refractivity contribution >= 4 is 33.8 Å². The molecular formula is C14H15N5O4S. The van der Waals surface area contributed by atoms with E-state index < -0.39 is 22.4 Å². The first kappa shape index (κ1) is 16.1. The predicted molar refractivity (Wildman–Crippen MR) is 87.3 cm³/mol. The molecule has 0 radical (unpaired) electrons. The maximum atomic E-state index is 12.4. The highest BCUT2D eigenvalue weighted by Crippen LogP contribution is 2.38. The Kier molecular flexibility index (Phi) is 4.06. The number of fused-ring (bicyclic) bond motifs is 1. The molecule has 9 nitrogen and oxygen atoms in total. The van der Waals surface area contributed by atoms with Crippen LogP contribution < -0.4 is 11.1 Å². The molecule has 0 bridgehead atoms. The highest BCUT2D eigenvalue weighted by Gasteiger charge is 2.29. The molecule has 0 fully saturated rings. The molecule has 2 heterocycles. The summed E-state index contributed by atoms with van der Waals surface area (Å²) in [5.41, 5.74) is 5.96. The van der Waals surface area contributed by atoms with E-state index in [2.05, 4.69) is 10.4 Å². The van der Waals surface area contributed by atoms with Crippen molar-refractivity contribution < 1.29 is 14.5 Å². The Labute approximate surface area is 140 Å². The molecule has 0 aliphatic heterocycles. The molecule has 1 aliphatic rings. The number of nitro groups is 1. The molecule has 2 amide bonds. The van der Waals surface area contributed by atoms with Crippen molar-refractivity contribution in [2.75, 3.05) is 5.32 Å². The summed E-state index contributed by atoms with van der Waals surface area (Å²) in [5, 5.41) is 17.8. The minimum atomic E-state index is -0.733. The van der Waals surface area contributed by atoms with Crippen molar-refractivity contribution in [1.82, 2.24) is 9.78 Å². The fourth-order valence-electron chi connectivity index (χ4n) is 2.85. The molecule has 0 saturated carbocycles. The number of primary amides is 1. The van der Waals surface area contributed by atoms with Gasteiger partial charge in [-0.25, -0.2) is 0 Å². The fourth-order valence-corrected chi connectivity index (χ4v) is 4.14. The zero-order chi connectivity index (χ0) is 17.4. The first-order valence-corrected chi connectivity index (χ1v) is 8.14. The van der Waals surface area contributed by atoms with E-state index in [1.54, 1.807) is 0 Å². The second kappa shape index (κ2) is 6.04. The number of amides is 2. The summed E-state index contributed by atoms with van der Waals surface area (Å²) < 4.78 is 1.20. The monoisotopic (exact) mass is 349 g/mol. The van der Waals surface area contributed by atoms with Gasteiger partial charge in [-0.05, 0) is 31.2 Å². The van der Waals surface area contributed by atoms with Crippen LogP contribution in [-0.4, -0.2) is 26.5 Å². The van der Waals surface area contributed by atoms with E-state index in [0.29, 0.717) is 10.6 Å². The summed E-state index contributed by atoms with van der Waals surface area (Å²) in [4.78, 5) is 35.6. The van der Waals surface area contributed by atoms with Gasteiger partial charge in [-0.3, -0.25) is 24.4 Å². The first-order chi connectivity index (χ1) is 11.4. The van der Waals surface area contributed by atoms with E-state index in [9.17, 15) is 19.7 Å². The van der Waals surface area contributed by atoms with E-state index in [0.717, 1.165) is 42.3 Å². The Morgan fingerprint density at radius 2 is 2.12 bits per heavy atom. The number of carbonyl (C=O) groups is 2. The Bertz CT molecular complexity index is 854. The van der Waals surface area contributed by atoms with Crippen molar-refractivity contribution in [2.45, 2.75) is 25.7 Å². The quantitative estimate of drug-likeness (QED) is 0.639. The van der Waals surface area contributed by atoms with Crippen LogP contribution >= 0.6 is 11.3 Å². The average Bonchev–Trinajstić information content (AvgIpc) is 3.07. The van der Waals surface area contributed by atoms with Gasteiger partial charge >= 0.3 is 5.69 Å². The highest BCUT2D eigenvalue weighted by atomic mass is 32.1. The minimum Gasteiger partial charge on any atom is -0.365 e. The van der Waals surface area contributed by atoms with Gasteiger partial charge in [0.15, 0.2) is 0 Å². The summed E-state index contributed by atoms with van der Waals surface area (Å²) in [6.07, 6.45) is 4.71. The molecule has 0 unspecified atom stereocenters. The number of nitrogens with one attached hydrogen (secondary N) is 1. The largest absolute Gasteiger partial charge is 0.365 e. The van der Waals surface area contributed by atoms with Gasteiger partial charge in [0, 0.05) is 11.9 Å². The first-order valence-electron chi connectivity index (χ1n) is 7.32. The number of nitrogens with zero attached hydrogens (tertiary/aromatic N) is 3. The second-order valence-corrected chi connectivity index (χ2v) is 6.63. The van der Waals surface area contributed by atoms with Crippen molar-refractivity contribution in [3.63, 3.8) is 0 Å². The molecule has 2 aromatic rings. The Morgan fingerprint density at radius 3 is 2.79 bits per heavy atom. The number of aryl methyl sites for hydroxylation is 2. The third kappa shape index (κ3) is 2.75. The molecule has 0 aromatic carbocycles. The van der Waals surface area contributed by atoms with E-state index in [1.165, 1.54) is 23.1 Å². The zero-order valence-electron chi connectivity index (χ0n) is 12.9. The molecule has 3 N–H and O–H groups in total. The molecule has 0 atom stereocenters. The summed E-state index contributed by atoms with van der Waals surface area (Å²) in [6.45, 7) is 0. The lowest BCUT2D eigenvalue weighted by Crippen LogP contribution is -2.19. The smallest absolute Gasteiger partial charge is 0.320 e. The summed E-state index contributed by atoms with van der Waals surface area (Å²) in [7, 11) is 1.49. The average molecular weight is 349 g/mol. The van der Waals surface area contributed by atoms with E-state index >= 15 is 0 Å². The molecule has 24 heavy (non-hydrogen) atoms. The minimum absolute atomic E-state index is 0.302. The SMILES string of the molecule is Cn1cc([N+](=O)[O-])c(C(=O)Nc2sc3c(c2C(N)=O)CCCC3)n1. The number of nitrogens with two attached hydrogens (primary N) is 1. The molecular weight excluding hydrogens is 334 g/mol. The maximum Gasteiger partial charge on any atom is 0.320 e. The zero-order valence-corrected chi connectivity index (χ0v) is 13.7. The van der Waals surface area contributed by atoms with E-state index in [4.69, 9.17) is 5.73 Å². The number of hydrogen-bond acceptors (Lipinski definition) is 6. The van der Waals surface area contributed by atoms with Gasteiger partial charge in [0.25, 0.3) is 11.8 Å². The van der Waals surface area contributed by atoms with Gasteiger partial charge in [0.2, 0.25) is 5.69 Å². The standard InChI is InChI=1S/C14H15N5O4S/c1-18-6-8(19(22)23)11(17-18)13(21)16-14-10(12(15)20)7-4-2-3-5-9(7)24-14/h6H,2-5H2,1H3,(H2,15,20)(H,16,21). The Balaban J connectivity index is 1.97. The van der Waals surface area contributed by atoms with Crippen LogP contribution in [0.1, 0.15) is 44.1 Å². The third-order valence-electron chi connectivity index (χ3n) is 3.87. The third-order valence-corrected chi connectivity index (χ3v) is 5.07. The van der Waals surface area contributed by atoms with Crippen LogP contribution in [0.3, 0.4) is 0 Å². The number of carbonyl (C=O) groups excluding carboxylic acids is 2. The number of hydrogen-bond donors (Lipinski definition) is 2. The van der Waals surface area contributed by atoms with Crippen LogP contribution in [0, 0.1) is 10.1 Å². The fraction of sp³-hybridized carbons (Fsp3) is 0.357. The van der Waals surface area contributed by atoms with Crippen LogP contribution in [0.2, 0.25) is 0 Å². The summed E-state index contributed by atoms with van der Waals surface area (Å²) in [5.74, 6) is -1.34. The number of anilines is 1. The van der Waals surface area contributed by atoms with E-state index in [1.807, 2.05) is 0 Å². The van der Waals surface area contributed by atoms with Crippen LogP contribution in [-0.2, 0) is 19.9 Å². The van der Waals surface area contributed by atoms with Crippen molar-refractivity contribution in [3.05, 3.63) is 38.0 Å². The Morgan fingerprint density at radius 1 is 1.42 bits per heavy atom. The highest BCUT2D eigenvalue weighted by molar-refractivity contribution is 7.17. The lowest BCUT2D eigenvalue weighted by Gasteiger charge is -2.11. The van der Waals surface area contributed by atoms with E-state index in [-0.39, 0.29) is 5.69 Å². The molecule has 0 saturated heterocycles. The second-order valence-electron chi connectivity index (χ2n) is 5.53. The van der Waals surface area contributed by atoms with Gasteiger partial charge in [-0.2, -0.15) is 5.10 Å². The molecule has 1 aliphatic carbocycles. The summed E-state index contributed by atoms with van der Waals surface area (Å²) >= 11 is 1.30. The maximum absolute atomic E-state index is 12.4. The van der Waals surface area contributed by atoms with Crippen LogP contribution in [0.5, 0.6) is 0 Å². The lowest BCUT2D eigenvalue weighted by molar-refractivity contribution is -0.385. The van der Waals surface area contributed by atoms with Gasteiger partial charge in [-0.15, -0.1) is 11.3 Å². The van der Waals surface area contributed by atoms with Crippen LogP contribution in [0.25, 0.3) is 0 Å². The van der Waals surface area contributed by atoms with Gasteiger partial charge in [0.05, 0.1) is 10.5 Å². The van der Waals surface area contributed by atoms with Gasteiger partial charge < -0.3 is 11.1 Å². The predicted octanol–water partition coefficient (Wildman–Crippen LogP) is 1.62. The molecule has 126 valence electrons. The number of rotatable bonds is 4. The van der Waals surface area contributed by atoms with Crippen LogP contribution in [0.15, 0.2) is 6.20 Å². The van der Waals surface area contributed by atoms with Gasteiger partial charge in [-0.1, -0.05) is 0 Å². The number of aromatic nitrogens is 2. The summed E-state index contributed by atoms with van der Waals surface area (Å²) in [6, 6.07) is 0. The van der Waals surface area contributed by atoms with Crippen molar-refractivity contribution in [3.8, 4) is 0 Å². The van der Waals surface area contributed by atoms with Crippen molar-refractivity contribution in [2.24, 2.45) is 12.8 Å². The Hall–Kier alpha value is -2.75. The normalized spacial score (nSPS) is 13.4. The molecule has 3 rings (SSSR count). The molecule has 0 spiro atoms. The number of thiophene rings is 1. The molecule has 2 aromatic heterocycles. The van der Waals surface area contributed by atoms with Gasteiger partial charge in [0.1, 0.15) is 11.2 Å².